The molecule has 19 heavy (non-hydrogen) atoms. The average molecular weight is 274 g/mol. The van der Waals surface area contributed by atoms with Crippen molar-refractivity contribution in [1.29, 1.82) is 0 Å². The highest BCUT2D eigenvalue weighted by Gasteiger charge is 2.09. The monoisotopic (exact) mass is 274 g/mol. The molecule has 1 N–H and O–H groups in total. The minimum Gasteiger partial charge on any atom is -0.316 e. The van der Waals surface area contributed by atoms with Crippen LogP contribution in [0.1, 0.15) is 23.7 Å². The van der Waals surface area contributed by atoms with Crippen LogP contribution in [0.15, 0.2) is 30.3 Å². The van der Waals surface area contributed by atoms with E-state index in [4.69, 9.17) is 4.98 Å². The van der Waals surface area contributed by atoms with Gasteiger partial charge in [0.2, 0.25) is 0 Å². The number of hydrogen-bond acceptors (Lipinski definition) is 3. The fraction of sp³-hybridized carbons (Fsp3) is 0.438. The van der Waals surface area contributed by atoms with E-state index in [-0.39, 0.29) is 0 Å². The lowest BCUT2D eigenvalue weighted by Crippen LogP contribution is -2.22. The zero-order valence-corrected chi connectivity index (χ0v) is 12.8. The number of nitrogens with zero attached hydrogens (tertiary/aromatic N) is 1. The SMILES string of the molecule is Cc1sc(CCNCC(C)C)nc1-c1ccccc1. The summed E-state index contributed by atoms with van der Waals surface area (Å²) in [6.07, 6.45) is 1.02. The molecule has 2 nitrogen and oxygen atoms in total. The summed E-state index contributed by atoms with van der Waals surface area (Å²) in [4.78, 5) is 6.09. The number of rotatable bonds is 6. The van der Waals surface area contributed by atoms with Crippen molar-refractivity contribution in [3.05, 3.63) is 40.2 Å². The van der Waals surface area contributed by atoms with Crippen LogP contribution >= 0.6 is 11.3 Å². The normalized spacial score (nSPS) is 11.2. The summed E-state index contributed by atoms with van der Waals surface area (Å²) in [5.41, 5.74) is 2.36. The van der Waals surface area contributed by atoms with Crippen LogP contribution in [-0.4, -0.2) is 18.1 Å². The van der Waals surface area contributed by atoms with E-state index in [9.17, 15) is 0 Å². The standard InChI is InChI=1S/C16H22N2S/c1-12(2)11-17-10-9-15-18-16(13(3)19-15)14-7-5-4-6-8-14/h4-8,12,17H,9-11H2,1-3H3. The first-order chi connectivity index (χ1) is 9.16. The van der Waals surface area contributed by atoms with Gasteiger partial charge in [-0.1, -0.05) is 44.2 Å². The third-order valence-electron chi connectivity index (χ3n) is 2.96. The van der Waals surface area contributed by atoms with Gasteiger partial charge in [0, 0.05) is 23.4 Å². The Morgan fingerprint density at radius 2 is 1.95 bits per heavy atom. The van der Waals surface area contributed by atoms with E-state index in [1.165, 1.54) is 15.4 Å². The number of hydrogen-bond donors (Lipinski definition) is 1. The molecule has 1 aromatic heterocycles. The summed E-state index contributed by atoms with van der Waals surface area (Å²) in [7, 11) is 0. The van der Waals surface area contributed by atoms with Crippen LogP contribution in [-0.2, 0) is 6.42 Å². The minimum atomic E-state index is 0.706. The predicted octanol–water partition coefficient (Wildman–Crippen LogP) is 3.91. The molecule has 0 spiro atoms. The van der Waals surface area contributed by atoms with Crippen LogP contribution in [0.5, 0.6) is 0 Å². The maximum absolute atomic E-state index is 4.78. The van der Waals surface area contributed by atoms with Gasteiger partial charge < -0.3 is 5.32 Å². The van der Waals surface area contributed by atoms with Crippen molar-refractivity contribution in [3.8, 4) is 11.3 Å². The largest absolute Gasteiger partial charge is 0.316 e. The Morgan fingerprint density at radius 3 is 2.63 bits per heavy atom. The third-order valence-corrected chi connectivity index (χ3v) is 3.99. The molecule has 102 valence electrons. The van der Waals surface area contributed by atoms with Gasteiger partial charge in [-0.25, -0.2) is 4.98 Å². The van der Waals surface area contributed by atoms with Gasteiger partial charge in [0.25, 0.3) is 0 Å². The molecule has 3 heteroatoms. The van der Waals surface area contributed by atoms with Gasteiger partial charge >= 0.3 is 0 Å². The highest BCUT2D eigenvalue weighted by molar-refractivity contribution is 7.12. The summed E-state index contributed by atoms with van der Waals surface area (Å²) in [5.74, 6) is 0.706. The molecule has 0 aliphatic carbocycles. The van der Waals surface area contributed by atoms with Crippen LogP contribution in [0.25, 0.3) is 11.3 Å². The second kappa shape index (κ2) is 6.83. The summed E-state index contributed by atoms with van der Waals surface area (Å²) in [6, 6.07) is 10.4. The molecule has 0 amide bonds. The fourth-order valence-electron chi connectivity index (χ4n) is 2.01. The van der Waals surface area contributed by atoms with Crippen LogP contribution < -0.4 is 5.32 Å². The predicted molar refractivity (Wildman–Crippen MR) is 83.7 cm³/mol. The lowest BCUT2D eigenvalue weighted by molar-refractivity contribution is 0.554. The van der Waals surface area contributed by atoms with Crippen molar-refractivity contribution in [2.24, 2.45) is 5.92 Å². The summed E-state index contributed by atoms with van der Waals surface area (Å²) < 4.78 is 0. The Hall–Kier alpha value is -1.19. The van der Waals surface area contributed by atoms with Crippen LogP contribution in [0, 0.1) is 12.8 Å². The van der Waals surface area contributed by atoms with Crippen molar-refractivity contribution in [2.75, 3.05) is 13.1 Å². The van der Waals surface area contributed by atoms with Crippen molar-refractivity contribution in [3.63, 3.8) is 0 Å². The van der Waals surface area contributed by atoms with E-state index in [2.05, 4.69) is 50.4 Å². The molecule has 0 bridgehead atoms. The molecule has 0 aliphatic heterocycles. The first-order valence-electron chi connectivity index (χ1n) is 6.89. The Morgan fingerprint density at radius 1 is 1.21 bits per heavy atom. The van der Waals surface area contributed by atoms with E-state index < -0.39 is 0 Å². The maximum Gasteiger partial charge on any atom is 0.0948 e. The van der Waals surface area contributed by atoms with E-state index in [1.54, 1.807) is 0 Å². The first kappa shape index (κ1) is 14.2. The molecule has 0 atom stereocenters. The molecule has 0 saturated carbocycles. The number of benzene rings is 1. The van der Waals surface area contributed by atoms with Crippen LogP contribution in [0.4, 0.5) is 0 Å². The molecular weight excluding hydrogens is 252 g/mol. The van der Waals surface area contributed by atoms with Crippen molar-refractivity contribution in [2.45, 2.75) is 27.2 Å². The molecule has 2 aromatic rings. The molecule has 0 radical (unpaired) electrons. The average Bonchev–Trinajstić information content (AvgIpc) is 2.77. The van der Waals surface area contributed by atoms with Gasteiger partial charge in [-0.2, -0.15) is 0 Å². The summed E-state index contributed by atoms with van der Waals surface area (Å²) in [5, 5.41) is 4.70. The highest BCUT2D eigenvalue weighted by atomic mass is 32.1. The second-order valence-corrected chi connectivity index (χ2v) is 6.51. The summed E-state index contributed by atoms with van der Waals surface area (Å²) in [6.45, 7) is 8.71. The molecule has 0 fully saturated rings. The van der Waals surface area contributed by atoms with E-state index in [0.29, 0.717) is 5.92 Å². The number of aromatic nitrogens is 1. The molecule has 0 saturated heterocycles. The quantitative estimate of drug-likeness (QED) is 0.808. The van der Waals surface area contributed by atoms with Crippen molar-refractivity contribution >= 4 is 11.3 Å². The van der Waals surface area contributed by atoms with Gasteiger partial charge in [-0.3, -0.25) is 0 Å². The number of aryl methyl sites for hydroxylation is 1. The molecule has 2 rings (SSSR count). The summed E-state index contributed by atoms with van der Waals surface area (Å²) >= 11 is 1.82. The Labute approximate surface area is 119 Å². The van der Waals surface area contributed by atoms with Gasteiger partial charge in [-0.15, -0.1) is 11.3 Å². The van der Waals surface area contributed by atoms with Gasteiger partial charge in [0.05, 0.1) is 10.7 Å². The van der Waals surface area contributed by atoms with Gasteiger partial charge in [-0.05, 0) is 19.4 Å². The van der Waals surface area contributed by atoms with Crippen molar-refractivity contribution < 1.29 is 0 Å². The fourth-order valence-corrected chi connectivity index (χ4v) is 2.96. The van der Waals surface area contributed by atoms with Gasteiger partial charge in [0.1, 0.15) is 0 Å². The lowest BCUT2D eigenvalue weighted by Gasteiger charge is -2.05. The molecule has 0 aliphatic rings. The molecule has 1 heterocycles. The first-order valence-corrected chi connectivity index (χ1v) is 7.71. The Balaban J connectivity index is 1.97. The van der Waals surface area contributed by atoms with E-state index >= 15 is 0 Å². The van der Waals surface area contributed by atoms with Crippen LogP contribution in [0.3, 0.4) is 0 Å². The van der Waals surface area contributed by atoms with E-state index in [1.807, 2.05) is 17.4 Å². The van der Waals surface area contributed by atoms with Crippen LogP contribution in [0.2, 0.25) is 0 Å². The Bertz CT molecular complexity index is 503. The molecule has 0 unspecified atom stereocenters. The second-order valence-electron chi connectivity index (χ2n) is 5.23. The minimum absolute atomic E-state index is 0.706. The van der Waals surface area contributed by atoms with Crippen molar-refractivity contribution in [1.82, 2.24) is 10.3 Å². The third kappa shape index (κ3) is 4.15. The molecular formula is C16H22N2S. The zero-order chi connectivity index (χ0) is 13.7. The topological polar surface area (TPSA) is 24.9 Å². The smallest absolute Gasteiger partial charge is 0.0948 e. The molecule has 1 aromatic carbocycles. The van der Waals surface area contributed by atoms with Gasteiger partial charge in [0.15, 0.2) is 0 Å². The maximum atomic E-state index is 4.78. The highest BCUT2D eigenvalue weighted by Crippen LogP contribution is 2.27. The Kier molecular flexibility index (Phi) is 5.11. The zero-order valence-electron chi connectivity index (χ0n) is 11.9. The lowest BCUT2D eigenvalue weighted by atomic mass is 10.1. The number of nitrogens with one attached hydrogen (secondary N) is 1. The van der Waals surface area contributed by atoms with E-state index in [0.717, 1.165) is 25.2 Å². The number of thiazole rings is 1.